The van der Waals surface area contributed by atoms with E-state index < -0.39 is 29.0 Å². The smallest absolute Gasteiger partial charge is 0.332 e. The number of carbonyl (C=O) groups is 1. The predicted molar refractivity (Wildman–Crippen MR) is 106 cm³/mol. The van der Waals surface area contributed by atoms with E-state index in [0.717, 1.165) is 4.57 Å². The van der Waals surface area contributed by atoms with Crippen LogP contribution in [0.1, 0.15) is 19.4 Å². The minimum Gasteiger partial charge on any atom is -0.391 e. The van der Waals surface area contributed by atoms with Crippen molar-refractivity contribution < 1.29 is 15.0 Å². The molecule has 2 aromatic rings. The molecular weight excluding hydrogens is 380 g/mol. The van der Waals surface area contributed by atoms with E-state index in [1.165, 1.54) is 34.5 Å². The number of aryl methyl sites for hydroxylation is 1. The van der Waals surface area contributed by atoms with Gasteiger partial charge < -0.3 is 24.6 Å². The SMILES string of the molecule is CN(C)CC(=O)N1C[C@H](O)C[C@](C)(O)[C@@H](n2cnc3c2c(=O)n(C)c(=O)n3C)C1. The van der Waals surface area contributed by atoms with Gasteiger partial charge in [0, 0.05) is 33.6 Å². The average molecular weight is 408 g/mol. The predicted octanol–water partition coefficient (Wildman–Crippen LogP) is -2.12. The number of fused-ring (bicyclic) bond motifs is 1. The molecule has 0 bridgehead atoms. The number of β-amino-alcohol motifs (C(OH)–C–C–N with tert-alkyl or cyclic N) is 1. The van der Waals surface area contributed by atoms with Gasteiger partial charge in [0.2, 0.25) is 5.91 Å². The molecule has 11 nitrogen and oxygen atoms in total. The van der Waals surface area contributed by atoms with E-state index in [-0.39, 0.29) is 43.1 Å². The lowest BCUT2D eigenvalue weighted by molar-refractivity contribution is -0.133. The quantitative estimate of drug-likeness (QED) is 0.595. The number of likely N-dealkylation sites (N-methyl/N-ethyl adjacent to an activating group) is 1. The highest BCUT2D eigenvalue weighted by atomic mass is 16.3. The highest BCUT2D eigenvalue weighted by Gasteiger charge is 2.42. The topological polar surface area (TPSA) is 126 Å². The zero-order valence-corrected chi connectivity index (χ0v) is 17.4. The van der Waals surface area contributed by atoms with Crippen LogP contribution in [0.3, 0.4) is 0 Å². The van der Waals surface area contributed by atoms with Crippen LogP contribution in [0.25, 0.3) is 11.2 Å². The summed E-state index contributed by atoms with van der Waals surface area (Å²) in [4.78, 5) is 45.1. The van der Waals surface area contributed by atoms with Crippen LogP contribution in [-0.2, 0) is 18.9 Å². The molecule has 0 radical (unpaired) electrons. The van der Waals surface area contributed by atoms with E-state index in [0.29, 0.717) is 0 Å². The summed E-state index contributed by atoms with van der Waals surface area (Å²) in [7, 11) is 6.44. The van der Waals surface area contributed by atoms with Crippen molar-refractivity contribution in [3.63, 3.8) is 0 Å². The maximum atomic E-state index is 12.8. The average Bonchev–Trinajstić information content (AvgIpc) is 2.99. The van der Waals surface area contributed by atoms with Crippen molar-refractivity contribution in [2.75, 3.05) is 33.7 Å². The lowest BCUT2D eigenvalue weighted by Crippen LogP contribution is -2.45. The molecule has 1 fully saturated rings. The van der Waals surface area contributed by atoms with Crippen LogP contribution >= 0.6 is 0 Å². The first kappa shape index (κ1) is 21.2. The van der Waals surface area contributed by atoms with Crippen LogP contribution in [0.15, 0.2) is 15.9 Å². The van der Waals surface area contributed by atoms with E-state index in [1.54, 1.807) is 25.9 Å². The highest BCUT2D eigenvalue weighted by Crippen LogP contribution is 2.33. The Balaban J connectivity index is 2.15. The maximum absolute atomic E-state index is 12.8. The first-order chi connectivity index (χ1) is 13.4. The Bertz CT molecular complexity index is 1050. The van der Waals surface area contributed by atoms with Crippen LogP contribution in [0.5, 0.6) is 0 Å². The van der Waals surface area contributed by atoms with Crippen molar-refractivity contribution in [3.05, 3.63) is 27.2 Å². The molecule has 3 rings (SSSR count). The first-order valence-corrected chi connectivity index (χ1v) is 9.39. The van der Waals surface area contributed by atoms with Gasteiger partial charge in [-0.3, -0.25) is 18.7 Å². The van der Waals surface area contributed by atoms with E-state index in [2.05, 4.69) is 4.98 Å². The Morgan fingerprint density at radius 3 is 2.55 bits per heavy atom. The van der Waals surface area contributed by atoms with Crippen molar-refractivity contribution in [2.45, 2.75) is 31.1 Å². The minimum atomic E-state index is -1.42. The molecule has 1 aliphatic rings. The summed E-state index contributed by atoms with van der Waals surface area (Å²) in [6.07, 6.45) is 0.509. The van der Waals surface area contributed by atoms with Gasteiger partial charge in [0.25, 0.3) is 5.56 Å². The monoisotopic (exact) mass is 408 g/mol. The van der Waals surface area contributed by atoms with Crippen molar-refractivity contribution in [1.82, 2.24) is 28.5 Å². The number of aliphatic hydroxyl groups excluding tert-OH is 1. The van der Waals surface area contributed by atoms with Gasteiger partial charge in [-0.25, -0.2) is 9.78 Å². The zero-order valence-electron chi connectivity index (χ0n) is 17.4. The third-order valence-corrected chi connectivity index (χ3v) is 5.50. The van der Waals surface area contributed by atoms with Crippen LogP contribution in [0.4, 0.5) is 0 Å². The van der Waals surface area contributed by atoms with Crippen LogP contribution in [0.2, 0.25) is 0 Å². The highest BCUT2D eigenvalue weighted by molar-refractivity contribution is 5.78. The maximum Gasteiger partial charge on any atom is 0.332 e. The first-order valence-electron chi connectivity index (χ1n) is 9.39. The third kappa shape index (κ3) is 3.72. The van der Waals surface area contributed by atoms with E-state index >= 15 is 0 Å². The number of carbonyl (C=O) groups excluding carboxylic acids is 1. The molecule has 0 saturated carbocycles. The third-order valence-electron chi connectivity index (χ3n) is 5.50. The molecule has 3 atom stereocenters. The standard InChI is InChI=1S/C18H28N6O5/c1-18(29)6-11(25)7-23(13(26)9-20(2)3)8-12(18)24-10-19-15-14(24)16(27)22(5)17(28)21(15)4/h10-12,25,29H,6-9H2,1-5H3/t11-,12+,18+/m1/s1. The summed E-state index contributed by atoms with van der Waals surface area (Å²) >= 11 is 0. The molecule has 0 aliphatic carbocycles. The second-order valence-corrected chi connectivity index (χ2v) is 8.30. The Labute approximate surface area is 167 Å². The van der Waals surface area contributed by atoms with Gasteiger partial charge in [-0.05, 0) is 21.0 Å². The molecule has 0 unspecified atom stereocenters. The second-order valence-electron chi connectivity index (χ2n) is 8.30. The molecule has 1 aliphatic heterocycles. The molecular formula is C18H28N6O5. The van der Waals surface area contributed by atoms with Crippen LogP contribution in [-0.4, -0.2) is 90.0 Å². The number of likely N-dealkylation sites (tertiary alicyclic amines) is 1. The van der Waals surface area contributed by atoms with Crippen molar-refractivity contribution in [1.29, 1.82) is 0 Å². The molecule has 2 aromatic heterocycles. The number of rotatable bonds is 3. The number of hydrogen-bond acceptors (Lipinski definition) is 7. The second kappa shape index (κ2) is 7.39. The number of amides is 1. The molecule has 11 heteroatoms. The normalized spacial score (nSPS) is 25.6. The van der Waals surface area contributed by atoms with Crippen LogP contribution in [0, 0.1) is 0 Å². The van der Waals surface area contributed by atoms with Gasteiger partial charge in [-0.2, -0.15) is 0 Å². The van der Waals surface area contributed by atoms with E-state index in [9.17, 15) is 24.6 Å². The molecule has 29 heavy (non-hydrogen) atoms. The molecule has 1 saturated heterocycles. The van der Waals surface area contributed by atoms with Crippen LogP contribution < -0.4 is 11.2 Å². The summed E-state index contributed by atoms with van der Waals surface area (Å²) in [6, 6.07) is -0.735. The number of hydrogen-bond donors (Lipinski definition) is 2. The number of nitrogens with zero attached hydrogens (tertiary/aromatic N) is 6. The molecule has 2 N–H and O–H groups in total. The number of aromatic nitrogens is 4. The largest absolute Gasteiger partial charge is 0.391 e. The van der Waals surface area contributed by atoms with E-state index in [4.69, 9.17) is 0 Å². The lowest BCUT2D eigenvalue weighted by atomic mass is 9.91. The molecule has 1 amide bonds. The number of imidazole rings is 1. The molecule has 160 valence electrons. The molecule has 3 heterocycles. The van der Waals surface area contributed by atoms with E-state index in [1.807, 2.05) is 0 Å². The Morgan fingerprint density at radius 2 is 1.93 bits per heavy atom. The van der Waals surface area contributed by atoms with Gasteiger partial charge in [-0.15, -0.1) is 0 Å². The zero-order chi connectivity index (χ0) is 21.7. The summed E-state index contributed by atoms with van der Waals surface area (Å²) in [6.45, 7) is 1.90. The Kier molecular flexibility index (Phi) is 5.41. The van der Waals surface area contributed by atoms with Crippen molar-refractivity contribution in [3.8, 4) is 0 Å². The summed E-state index contributed by atoms with van der Waals surface area (Å²) in [5.74, 6) is -0.193. The summed E-state index contributed by atoms with van der Waals surface area (Å²) in [5.41, 5.74) is -2.09. The van der Waals surface area contributed by atoms with Crippen molar-refractivity contribution >= 4 is 17.1 Å². The molecule has 0 spiro atoms. The van der Waals surface area contributed by atoms with Gasteiger partial charge >= 0.3 is 5.69 Å². The number of aliphatic hydroxyl groups is 2. The summed E-state index contributed by atoms with van der Waals surface area (Å²) in [5, 5.41) is 21.5. The Hall–Kier alpha value is -2.50. The Morgan fingerprint density at radius 1 is 1.28 bits per heavy atom. The van der Waals surface area contributed by atoms with Gasteiger partial charge in [-0.1, -0.05) is 0 Å². The fourth-order valence-corrected chi connectivity index (χ4v) is 3.97. The van der Waals surface area contributed by atoms with Gasteiger partial charge in [0.1, 0.15) is 0 Å². The molecule has 0 aromatic carbocycles. The van der Waals surface area contributed by atoms with Crippen molar-refractivity contribution in [2.24, 2.45) is 14.1 Å². The van der Waals surface area contributed by atoms with Gasteiger partial charge in [0.15, 0.2) is 11.2 Å². The lowest BCUT2D eigenvalue weighted by Gasteiger charge is -2.34. The summed E-state index contributed by atoms with van der Waals surface area (Å²) < 4.78 is 3.77. The fourth-order valence-electron chi connectivity index (χ4n) is 3.97. The fraction of sp³-hybridized carbons (Fsp3) is 0.667. The van der Waals surface area contributed by atoms with Gasteiger partial charge in [0.05, 0.1) is 30.6 Å². The minimum absolute atomic E-state index is 0.0230.